The van der Waals surface area contributed by atoms with E-state index in [0.29, 0.717) is 29.1 Å². The van der Waals surface area contributed by atoms with Gasteiger partial charge < -0.3 is 14.5 Å². The van der Waals surface area contributed by atoms with Crippen molar-refractivity contribution in [3.8, 4) is 17.2 Å². The van der Waals surface area contributed by atoms with Gasteiger partial charge in [-0.1, -0.05) is 6.07 Å². The number of nitrogens with one attached hydrogen (secondary N) is 1. The van der Waals surface area contributed by atoms with Crippen molar-refractivity contribution in [3.05, 3.63) is 65.5 Å². The van der Waals surface area contributed by atoms with Crippen molar-refractivity contribution in [2.45, 2.75) is 13.5 Å². The number of fused-ring (bicyclic) bond motifs is 1. The summed E-state index contributed by atoms with van der Waals surface area (Å²) in [6, 6.07) is 14.6. The average Bonchev–Trinajstić information content (AvgIpc) is 3.28. The molecular weight excluding hydrogens is 356 g/mol. The Morgan fingerprint density at radius 1 is 1.21 bits per heavy atom. The number of benzene rings is 2. The maximum Gasteiger partial charge on any atom is 0.251 e. The molecule has 1 amide bonds. The molecule has 0 aliphatic rings. The van der Waals surface area contributed by atoms with Crippen LogP contribution in [0.15, 0.2) is 52.9 Å². The third kappa shape index (κ3) is 3.46. The van der Waals surface area contributed by atoms with Crippen LogP contribution in [0.5, 0.6) is 5.75 Å². The Bertz CT molecular complexity index is 1140. The van der Waals surface area contributed by atoms with Gasteiger partial charge in [0.05, 0.1) is 19.3 Å². The molecule has 0 saturated carbocycles. The molecule has 0 atom stereocenters. The number of methoxy groups -OCH3 is 1. The number of aromatic nitrogens is 3. The molecule has 0 saturated heterocycles. The summed E-state index contributed by atoms with van der Waals surface area (Å²) >= 11 is 0. The van der Waals surface area contributed by atoms with E-state index >= 15 is 0 Å². The number of nitrogens with zero attached hydrogens (tertiary/aromatic N) is 3. The molecule has 4 aromatic rings. The summed E-state index contributed by atoms with van der Waals surface area (Å²) in [5.74, 6) is 1.02. The van der Waals surface area contributed by atoms with E-state index in [0.717, 1.165) is 22.7 Å². The van der Waals surface area contributed by atoms with Crippen LogP contribution < -0.4 is 10.1 Å². The fourth-order valence-electron chi connectivity index (χ4n) is 2.94. The largest absolute Gasteiger partial charge is 0.497 e. The van der Waals surface area contributed by atoms with E-state index in [1.807, 2.05) is 44.3 Å². The van der Waals surface area contributed by atoms with E-state index in [1.165, 1.54) is 0 Å². The standard InChI is InChI=1S/C21H20N4O3/c1-13-9-16(24-25(13)2)12-22-20(26)14-7-8-18-19(11-14)28-21(23-18)15-5-4-6-17(10-15)27-3/h4-11H,12H2,1-3H3,(H,22,26). The van der Waals surface area contributed by atoms with Crippen LogP contribution >= 0.6 is 0 Å². The van der Waals surface area contributed by atoms with Crippen molar-refractivity contribution >= 4 is 17.0 Å². The fraction of sp³-hybridized carbons (Fsp3) is 0.190. The van der Waals surface area contributed by atoms with Crippen LogP contribution in [0.1, 0.15) is 21.7 Å². The highest BCUT2D eigenvalue weighted by Gasteiger charge is 2.13. The first-order chi connectivity index (χ1) is 13.5. The Morgan fingerprint density at radius 2 is 2.07 bits per heavy atom. The van der Waals surface area contributed by atoms with Crippen LogP contribution in [0, 0.1) is 6.92 Å². The van der Waals surface area contributed by atoms with E-state index in [-0.39, 0.29) is 5.91 Å². The second-order valence-corrected chi connectivity index (χ2v) is 6.52. The number of oxazole rings is 1. The molecule has 7 heteroatoms. The van der Waals surface area contributed by atoms with Gasteiger partial charge in [0.25, 0.3) is 5.91 Å². The predicted molar refractivity (Wildman–Crippen MR) is 105 cm³/mol. The minimum Gasteiger partial charge on any atom is -0.497 e. The van der Waals surface area contributed by atoms with E-state index in [2.05, 4.69) is 15.4 Å². The molecule has 0 aliphatic carbocycles. The molecule has 0 spiro atoms. The smallest absolute Gasteiger partial charge is 0.251 e. The van der Waals surface area contributed by atoms with Gasteiger partial charge in [-0.25, -0.2) is 4.98 Å². The maximum atomic E-state index is 12.5. The normalized spacial score (nSPS) is 11.0. The van der Waals surface area contributed by atoms with Gasteiger partial charge in [0.2, 0.25) is 5.89 Å². The van der Waals surface area contributed by atoms with Crippen molar-refractivity contribution in [2.24, 2.45) is 7.05 Å². The van der Waals surface area contributed by atoms with Gasteiger partial charge in [-0.05, 0) is 49.4 Å². The first-order valence-electron chi connectivity index (χ1n) is 8.86. The Balaban J connectivity index is 1.54. The van der Waals surface area contributed by atoms with Crippen LogP contribution in [-0.2, 0) is 13.6 Å². The number of ether oxygens (including phenoxy) is 1. The number of carbonyl (C=O) groups is 1. The highest BCUT2D eigenvalue weighted by atomic mass is 16.5. The summed E-state index contributed by atoms with van der Waals surface area (Å²) in [7, 11) is 3.49. The molecule has 2 aromatic heterocycles. The molecule has 28 heavy (non-hydrogen) atoms. The van der Waals surface area contributed by atoms with E-state index in [9.17, 15) is 4.79 Å². The molecule has 0 bridgehead atoms. The molecule has 0 aliphatic heterocycles. The Labute approximate surface area is 161 Å². The first-order valence-corrected chi connectivity index (χ1v) is 8.86. The van der Waals surface area contributed by atoms with Crippen LogP contribution in [0.3, 0.4) is 0 Å². The minimum atomic E-state index is -0.190. The number of hydrogen-bond acceptors (Lipinski definition) is 5. The number of carbonyl (C=O) groups excluding carboxylic acids is 1. The third-order valence-corrected chi connectivity index (χ3v) is 4.56. The Kier molecular flexibility index (Phi) is 4.57. The second-order valence-electron chi connectivity index (χ2n) is 6.52. The van der Waals surface area contributed by atoms with Gasteiger partial charge in [-0.3, -0.25) is 9.48 Å². The van der Waals surface area contributed by atoms with Crippen molar-refractivity contribution in [3.63, 3.8) is 0 Å². The topological polar surface area (TPSA) is 82.2 Å². The minimum absolute atomic E-state index is 0.190. The molecule has 1 N–H and O–H groups in total. The van der Waals surface area contributed by atoms with Crippen molar-refractivity contribution in [2.75, 3.05) is 7.11 Å². The summed E-state index contributed by atoms with van der Waals surface area (Å²) in [4.78, 5) is 17.0. The summed E-state index contributed by atoms with van der Waals surface area (Å²) in [6.07, 6.45) is 0. The van der Waals surface area contributed by atoms with E-state index in [4.69, 9.17) is 9.15 Å². The molecule has 2 heterocycles. The lowest BCUT2D eigenvalue weighted by molar-refractivity contribution is 0.0950. The lowest BCUT2D eigenvalue weighted by atomic mass is 10.2. The molecule has 2 aromatic carbocycles. The first kappa shape index (κ1) is 17.8. The zero-order valence-corrected chi connectivity index (χ0v) is 15.9. The summed E-state index contributed by atoms with van der Waals surface area (Å²) in [5.41, 5.74) is 4.42. The molecule has 7 nitrogen and oxygen atoms in total. The fourth-order valence-corrected chi connectivity index (χ4v) is 2.94. The van der Waals surface area contributed by atoms with Crippen molar-refractivity contribution in [1.29, 1.82) is 0 Å². The number of hydrogen-bond donors (Lipinski definition) is 1. The average molecular weight is 376 g/mol. The van der Waals surface area contributed by atoms with Gasteiger partial charge in [-0.2, -0.15) is 5.10 Å². The molecular formula is C21H20N4O3. The van der Waals surface area contributed by atoms with Crippen LogP contribution in [0.25, 0.3) is 22.6 Å². The Hall–Kier alpha value is -3.61. The summed E-state index contributed by atoms with van der Waals surface area (Å²) < 4.78 is 12.9. The van der Waals surface area contributed by atoms with Crippen molar-refractivity contribution < 1.29 is 13.9 Å². The monoisotopic (exact) mass is 376 g/mol. The van der Waals surface area contributed by atoms with E-state index in [1.54, 1.807) is 30.0 Å². The second kappa shape index (κ2) is 7.19. The maximum absolute atomic E-state index is 12.5. The van der Waals surface area contributed by atoms with Crippen LogP contribution in [0.2, 0.25) is 0 Å². The quantitative estimate of drug-likeness (QED) is 0.577. The van der Waals surface area contributed by atoms with Gasteiger partial charge in [-0.15, -0.1) is 0 Å². The van der Waals surface area contributed by atoms with Crippen molar-refractivity contribution in [1.82, 2.24) is 20.1 Å². The van der Waals surface area contributed by atoms with E-state index < -0.39 is 0 Å². The molecule has 0 unspecified atom stereocenters. The lowest BCUT2D eigenvalue weighted by Gasteiger charge is -2.03. The predicted octanol–water partition coefficient (Wildman–Crippen LogP) is 3.48. The summed E-state index contributed by atoms with van der Waals surface area (Å²) in [6.45, 7) is 2.33. The molecule has 4 rings (SSSR count). The van der Waals surface area contributed by atoms with Gasteiger partial charge in [0.1, 0.15) is 11.3 Å². The highest BCUT2D eigenvalue weighted by Crippen LogP contribution is 2.27. The summed E-state index contributed by atoms with van der Waals surface area (Å²) in [5, 5.41) is 7.22. The molecule has 142 valence electrons. The molecule has 0 fully saturated rings. The van der Waals surface area contributed by atoms with Gasteiger partial charge >= 0.3 is 0 Å². The highest BCUT2D eigenvalue weighted by molar-refractivity contribution is 5.97. The zero-order valence-electron chi connectivity index (χ0n) is 15.9. The Morgan fingerprint density at radius 3 is 2.82 bits per heavy atom. The number of aryl methyl sites for hydroxylation is 2. The number of amides is 1. The SMILES string of the molecule is COc1cccc(-c2nc3ccc(C(=O)NCc4cc(C)n(C)n4)cc3o2)c1. The van der Waals surface area contributed by atoms with Crippen LogP contribution in [-0.4, -0.2) is 27.8 Å². The zero-order chi connectivity index (χ0) is 19.7. The molecule has 0 radical (unpaired) electrons. The number of rotatable bonds is 5. The van der Waals surface area contributed by atoms with Gasteiger partial charge in [0, 0.05) is 23.9 Å². The van der Waals surface area contributed by atoms with Gasteiger partial charge in [0.15, 0.2) is 5.58 Å². The lowest BCUT2D eigenvalue weighted by Crippen LogP contribution is -2.23. The third-order valence-electron chi connectivity index (χ3n) is 4.56. The van der Waals surface area contributed by atoms with Crippen LogP contribution in [0.4, 0.5) is 0 Å².